The predicted octanol–water partition coefficient (Wildman–Crippen LogP) is 3.52. The number of ether oxygens (including phenoxy) is 4. The molecule has 2 heterocycles. The van der Waals surface area contributed by atoms with Crippen molar-refractivity contribution in [3.05, 3.63) is 11.6 Å². The summed E-state index contributed by atoms with van der Waals surface area (Å²) in [7, 11) is 0. The van der Waals surface area contributed by atoms with Gasteiger partial charge in [-0.2, -0.15) is 0 Å². The van der Waals surface area contributed by atoms with Gasteiger partial charge < -0.3 is 54.7 Å². The van der Waals surface area contributed by atoms with Gasteiger partial charge in [-0.25, -0.2) is 0 Å². The molecule has 5 aliphatic carbocycles. The lowest BCUT2D eigenvalue weighted by Crippen LogP contribution is -2.67. The molecule has 0 aromatic rings. The second-order valence-corrected chi connectivity index (χ2v) is 20.0. The predicted molar refractivity (Wildman–Crippen MR) is 192 cm³/mol. The number of rotatable bonds is 6. The summed E-state index contributed by atoms with van der Waals surface area (Å²) in [6.07, 6.45) is -1.79. The lowest BCUT2D eigenvalue weighted by Gasteiger charge is -2.71. The molecular weight excluding hydrogens is 684 g/mol. The van der Waals surface area contributed by atoms with Crippen molar-refractivity contribution in [1.82, 2.24) is 0 Å². The van der Waals surface area contributed by atoms with Crippen LogP contribution in [0.2, 0.25) is 0 Å². The average Bonchev–Trinajstić information content (AvgIpc) is 3.10. The third kappa shape index (κ3) is 5.85. The van der Waals surface area contributed by atoms with E-state index < -0.39 is 78.2 Å². The maximum atomic E-state index is 13.0. The van der Waals surface area contributed by atoms with E-state index >= 15 is 0 Å². The molecule has 0 aromatic carbocycles. The Kier molecular flexibility index (Phi) is 10.2. The Morgan fingerprint density at radius 1 is 0.830 bits per heavy atom. The Bertz CT molecular complexity index is 1440. The van der Waals surface area contributed by atoms with Crippen molar-refractivity contribution in [2.45, 2.75) is 174 Å². The second-order valence-electron chi connectivity index (χ2n) is 20.0. The van der Waals surface area contributed by atoms with Gasteiger partial charge in [0.05, 0.1) is 30.8 Å². The fourth-order valence-corrected chi connectivity index (χ4v) is 13.3. The van der Waals surface area contributed by atoms with Gasteiger partial charge in [0.2, 0.25) is 0 Å². The van der Waals surface area contributed by atoms with Crippen molar-refractivity contribution in [2.24, 2.45) is 50.2 Å². The number of aliphatic hydroxyl groups excluding tert-OH is 6. The molecule has 4 saturated carbocycles. The highest BCUT2D eigenvalue weighted by Crippen LogP contribution is 2.76. The molecule has 2 saturated heterocycles. The number of carboxylic acid groups (broad SMARTS) is 1. The minimum Gasteiger partial charge on any atom is -0.481 e. The maximum absolute atomic E-state index is 13.0. The van der Waals surface area contributed by atoms with Crippen LogP contribution in [0.15, 0.2) is 11.6 Å². The van der Waals surface area contributed by atoms with E-state index in [9.17, 15) is 40.5 Å². The molecule has 0 bridgehead atoms. The number of hydrogen-bond acceptors (Lipinski definition) is 11. The number of fused-ring (bicyclic) bond motifs is 7. The van der Waals surface area contributed by atoms with Crippen LogP contribution in [0, 0.1) is 50.2 Å². The smallest absolute Gasteiger partial charge is 0.310 e. The first-order valence-electron chi connectivity index (χ1n) is 20.2. The summed E-state index contributed by atoms with van der Waals surface area (Å²) in [6, 6.07) is 0. The molecule has 18 atom stereocenters. The fourth-order valence-electron chi connectivity index (χ4n) is 13.3. The van der Waals surface area contributed by atoms with Crippen LogP contribution in [0.25, 0.3) is 0 Å². The number of aliphatic hydroxyl groups is 6. The van der Waals surface area contributed by atoms with E-state index in [4.69, 9.17) is 18.9 Å². The molecule has 53 heavy (non-hydrogen) atoms. The van der Waals surface area contributed by atoms with E-state index in [-0.39, 0.29) is 46.7 Å². The molecule has 7 aliphatic rings. The van der Waals surface area contributed by atoms with Crippen LogP contribution in [0.1, 0.15) is 113 Å². The van der Waals surface area contributed by atoms with E-state index in [1.54, 1.807) is 0 Å². The van der Waals surface area contributed by atoms with Crippen molar-refractivity contribution in [1.29, 1.82) is 0 Å². The number of carbonyl (C=O) groups is 1. The first-order valence-corrected chi connectivity index (χ1v) is 20.2. The Morgan fingerprint density at radius 3 is 2.21 bits per heavy atom. The van der Waals surface area contributed by atoms with E-state index in [2.05, 4.69) is 47.6 Å². The van der Waals surface area contributed by atoms with Gasteiger partial charge in [0.25, 0.3) is 0 Å². The third-order valence-electron chi connectivity index (χ3n) is 17.0. The van der Waals surface area contributed by atoms with Gasteiger partial charge in [0.1, 0.15) is 36.6 Å². The minimum atomic E-state index is -1.62. The van der Waals surface area contributed by atoms with Crippen LogP contribution >= 0.6 is 0 Å². The fraction of sp³-hybridized carbons (Fsp3) is 0.927. The highest BCUT2D eigenvalue weighted by molar-refractivity contribution is 5.76. The minimum absolute atomic E-state index is 0.0360. The molecule has 12 nitrogen and oxygen atoms in total. The second kappa shape index (κ2) is 13.5. The lowest BCUT2D eigenvalue weighted by atomic mass is 9.33. The Morgan fingerprint density at radius 2 is 1.53 bits per heavy atom. The number of allylic oxidation sites excluding steroid dienone is 2. The Labute approximate surface area is 314 Å². The molecule has 12 heteroatoms. The van der Waals surface area contributed by atoms with Gasteiger partial charge in [-0.15, -0.1) is 0 Å². The number of hydrogen-bond donors (Lipinski definition) is 7. The SMILES string of the molecule is CC1OC(OC2C(O[C@H]3CC[C@@]4(C)C(CC[C@]5(C)C4CC=C4C6CC(C)(C)CC[C@]6(C(=O)O)CC[C@]45C)[C@]3(C)CO)OCC(O)C2O)C(O)C(O)C1O. The molecular formula is C41H66O12. The summed E-state index contributed by atoms with van der Waals surface area (Å²) in [5.74, 6) is -0.194. The highest BCUT2D eigenvalue weighted by atomic mass is 16.8. The highest BCUT2D eigenvalue weighted by Gasteiger charge is 2.70. The van der Waals surface area contributed by atoms with E-state index in [1.807, 2.05) is 0 Å². The zero-order chi connectivity index (χ0) is 38.7. The van der Waals surface area contributed by atoms with Crippen molar-refractivity contribution in [2.75, 3.05) is 13.2 Å². The van der Waals surface area contributed by atoms with Gasteiger partial charge in [0, 0.05) is 5.41 Å². The Hall–Kier alpha value is -1.19. The summed E-state index contributed by atoms with van der Waals surface area (Å²) < 4.78 is 24.3. The summed E-state index contributed by atoms with van der Waals surface area (Å²) in [6.45, 7) is 15.1. The molecule has 0 radical (unpaired) electrons. The van der Waals surface area contributed by atoms with Crippen LogP contribution in [0.5, 0.6) is 0 Å². The zero-order valence-corrected chi connectivity index (χ0v) is 32.7. The van der Waals surface area contributed by atoms with Gasteiger partial charge in [-0.3, -0.25) is 4.79 Å². The van der Waals surface area contributed by atoms with Crippen LogP contribution in [-0.2, 0) is 23.7 Å². The molecule has 0 spiro atoms. The van der Waals surface area contributed by atoms with E-state index in [0.717, 1.165) is 51.4 Å². The number of carboxylic acids is 1. The molecule has 7 rings (SSSR count). The Balaban J connectivity index is 1.15. The molecule has 0 amide bonds. The molecule has 6 fully saturated rings. The summed E-state index contributed by atoms with van der Waals surface area (Å²) >= 11 is 0. The molecule has 12 unspecified atom stereocenters. The van der Waals surface area contributed by atoms with Gasteiger partial charge in [0.15, 0.2) is 12.6 Å². The van der Waals surface area contributed by atoms with Crippen molar-refractivity contribution >= 4 is 5.97 Å². The summed E-state index contributed by atoms with van der Waals surface area (Å²) in [4.78, 5) is 13.0. The largest absolute Gasteiger partial charge is 0.481 e. The quantitative estimate of drug-likeness (QED) is 0.155. The average molecular weight is 751 g/mol. The maximum Gasteiger partial charge on any atom is 0.310 e. The zero-order valence-electron chi connectivity index (χ0n) is 32.7. The third-order valence-corrected chi connectivity index (χ3v) is 17.0. The van der Waals surface area contributed by atoms with Crippen LogP contribution in [0.4, 0.5) is 0 Å². The van der Waals surface area contributed by atoms with Crippen molar-refractivity contribution in [3.63, 3.8) is 0 Å². The summed E-state index contributed by atoms with van der Waals surface area (Å²) in [5.41, 5.74) is -0.239. The van der Waals surface area contributed by atoms with Crippen molar-refractivity contribution < 1.29 is 59.5 Å². The summed E-state index contributed by atoms with van der Waals surface area (Å²) in [5, 5.41) is 74.9. The molecule has 7 N–H and O–H groups in total. The van der Waals surface area contributed by atoms with Gasteiger partial charge >= 0.3 is 5.97 Å². The first-order chi connectivity index (χ1) is 24.7. The molecule has 0 aromatic heterocycles. The molecule has 302 valence electrons. The van der Waals surface area contributed by atoms with Gasteiger partial charge in [-0.1, -0.05) is 53.2 Å². The first kappa shape index (κ1) is 40.0. The standard InChI is InChI=1S/C41H66O12/c1-21-28(44)30(46)31(47)33(51-21)53-32-29(45)24(43)19-50-34(32)52-27-11-12-37(4)25(38(27,5)20-42)10-13-40(7)26(37)9-8-22-23-18-36(2,3)14-16-41(23,35(48)49)17-15-39(22,40)6/h8,21,23-34,42-47H,9-20H2,1-7H3,(H,48,49)/t21?,23?,24?,25?,26?,27-,28?,29?,30?,31?,32?,33?,34?,37-,38-,39+,40+,41-/m0/s1. The monoisotopic (exact) mass is 750 g/mol. The topological polar surface area (TPSA) is 196 Å². The van der Waals surface area contributed by atoms with Crippen molar-refractivity contribution in [3.8, 4) is 0 Å². The van der Waals surface area contributed by atoms with Crippen LogP contribution in [-0.4, -0.2) is 116 Å². The molecule has 2 aliphatic heterocycles. The van der Waals surface area contributed by atoms with Crippen LogP contribution < -0.4 is 0 Å². The van der Waals surface area contributed by atoms with Crippen LogP contribution in [0.3, 0.4) is 0 Å². The lowest BCUT2D eigenvalue weighted by molar-refractivity contribution is -0.365. The normalized spacial score (nSPS) is 55.1. The number of aliphatic carboxylic acids is 1. The van der Waals surface area contributed by atoms with Gasteiger partial charge in [-0.05, 0) is 111 Å². The van der Waals surface area contributed by atoms with E-state index in [0.29, 0.717) is 18.8 Å². The van der Waals surface area contributed by atoms with E-state index in [1.165, 1.54) is 12.5 Å².